The molecule has 0 amide bonds. The normalized spacial score (nSPS) is 19.2. The van der Waals surface area contributed by atoms with Crippen LogP contribution in [0.15, 0.2) is 51.3 Å². The molecule has 11 heteroatoms. The summed E-state index contributed by atoms with van der Waals surface area (Å²) in [5.74, 6) is -0.592. The lowest BCUT2D eigenvalue weighted by Crippen LogP contribution is -2.32. The van der Waals surface area contributed by atoms with Crippen molar-refractivity contribution in [2.24, 2.45) is 10.2 Å². The van der Waals surface area contributed by atoms with E-state index in [1.165, 1.54) is 12.1 Å². The fourth-order valence-electron chi connectivity index (χ4n) is 2.36. The average Bonchev–Trinajstić information content (AvgIpc) is 2.84. The van der Waals surface area contributed by atoms with Gasteiger partial charge in [0.25, 0.3) is 0 Å². The number of alkyl halides is 5. The summed E-state index contributed by atoms with van der Waals surface area (Å²) in [7, 11) is 0. The summed E-state index contributed by atoms with van der Waals surface area (Å²) in [6, 6.07) is 3.65. The van der Waals surface area contributed by atoms with Gasteiger partial charge in [-0.15, -0.1) is 13.9 Å². The van der Waals surface area contributed by atoms with Gasteiger partial charge in [-0.3, -0.25) is 0 Å². The van der Waals surface area contributed by atoms with Crippen LogP contribution in [0, 0.1) is 0 Å². The summed E-state index contributed by atoms with van der Waals surface area (Å²) in [6.07, 6.45) is -6.88. The minimum atomic E-state index is -4.64. The Labute approximate surface area is 148 Å². The number of benzene rings is 1. The molecule has 2 aliphatic heterocycles. The van der Waals surface area contributed by atoms with Crippen molar-refractivity contribution in [3.05, 3.63) is 46.6 Å². The van der Waals surface area contributed by atoms with Crippen molar-refractivity contribution in [2.75, 3.05) is 6.54 Å². The van der Waals surface area contributed by atoms with Gasteiger partial charge in [0.05, 0.1) is 12.1 Å². The molecule has 2 aliphatic rings. The van der Waals surface area contributed by atoms with Gasteiger partial charge >= 0.3 is 12.5 Å². The molecule has 0 N–H and O–H groups in total. The molecule has 0 spiro atoms. The van der Waals surface area contributed by atoms with E-state index in [0.717, 1.165) is 23.2 Å². The first-order valence-electron chi connectivity index (χ1n) is 6.95. The van der Waals surface area contributed by atoms with Crippen LogP contribution < -0.4 is 9.47 Å². The van der Waals surface area contributed by atoms with E-state index in [0.29, 0.717) is 0 Å². The van der Waals surface area contributed by atoms with E-state index in [-0.39, 0.29) is 34.5 Å². The first kappa shape index (κ1) is 18.2. The lowest BCUT2D eigenvalue weighted by molar-refractivity contribution is -0.286. The van der Waals surface area contributed by atoms with Crippen LogP contribution in [0.2, 0.25) is 0 Å². The Hall–Kier alpha value is -2.62. The molecule has 0 atom stereocenters. The highest BCUT2D eigenvalue weighted by atomic mass is 35.5. The zero-order chi connectivity index (χ0) is 19.1. The van der Waals surface area contributed by atoms with Crippen molar-refractivity contribution in [3.63, 3.8) is 0 Å². The quantitative estimate of drug-likeness (QED) is 0.326. The van der Waals surface area contributed by atoms with Crippen LogP contribution in [-0.2, 0) is 0 Å². The fourth-order valence-corrected chi connectivity index (χ4v) is 2.60. The molecular formula is C15H9ClF5N3O2. The highest BCUT2D eigenvalue weighted by Gasteiger charge is 2.43. The largest absolute Gasteiger partial charge is 0.586 e. The predicted octanol–water partition coefficient (Wildman–Crippen LogP) is 4.25. The predicted molar refractivity (Wildman–Crippen MR) is 83.5 cm³/mol. The molecular weight excluding hydrogens is 385 g/mol. The molecule has 0 aromatic heterocycles. The van der Waals surface area contributed by atoms with Gasteiger partial charge in [-0.2, -0.15) is 18.3 Å². The van der Waals surface area contributed by atoms with Gasteiger partial charge < -0.3 is 14.4 Å². The molecule has 138 valence electrons. The van der Waals surface area contributed by atoms with Gasteiger partial charge in [0.15, 0.2) is 17.3 Å². The number of hydrogen-bond donors (Lipinski definition) is 0. The van der Waals surface area contributed by atoms with Gasteiger partial charge in [-0.05, 0) is 24.3 Å². The minimum absolute atomic E-state index is 0.0883. The van der Waals surface area contributed by atoms with E-state index >= 15 is 0 Å². The molecule has 2 heterocycles. The van der Waals surface area contributed by atoms with E-state index < -0.39 is 18.0 Å². The van der Waals surface area contributed by atoms with Crippen LogP contribution >= 0.6 is 11.6 Å². The Morgan fingerprint density at radius 1 is 1.23 bits per heavy atom. The number of allylic oxidation sites excluding steroid dienone is 2. The molecule has 5 nitrogen and oxygen atoms in total. The summed E-state index contributed by atoms with van der Waals surface area (Å²) >= 11 is 5.81. The zero-order valence-electron chi connectivity index (χ0n) is 12.7. The van der Waals surface area contributed by atoms with E-state index in [1.807, 2.05) is 0 Å². The number of ether oxygens (including phenoxy) is 2. The number of fused-ring (bicyclic) bond motifs is 1. The van der Waals surface area contributed by atoms with Crippen molar-refractivity contribution < 1.29 is 31.4 Å². The summed E-state index contributed by atoms with van der Waals surface area (Å²) < 4.78 is 73.9. The van der Waals surface area contributed by atoms with Crippen molar-refractivity contribution in [2.45, 2.75) is 12.5 Å². The molecule has 0 radical (unpaired) electrons. The molecule has 0 aliphatic carbocycles. The maximum atomic E-state index is 13.1. The lowest BCUT2D eigenvalue weighted by Gasteiger charge is -2.26. The van der Waals surface area contributed by atoms with Crippen LogP contribution in [0.4, 0.5) is 22.0 Å². The molecule has 1 aromatic carbocycles. The summed E-state index contributed by atoms with van der Waals surface area (Å²) in [5, 5.41) is 6.94. The molecule has 26 heavy (non-hydrogen) atoms. The average molecular weight is 394 g/mol. The van der Waals surface area contributed by atoms with Crippen LogP contribution in [0.3, 0.4) is 0 Å². The Balaban J connectivity index is 2.00. The van der Waals surface area contributed by atoms with Crippen LogP contribution in [-0.4, -0.2) is 36.5 Å². The van der Waals surface area contributed by atoms with Gasteiger partial charge in [0.2, 0.25) is 0 Å². The summed E-state index contributed by atoms with van der Waals surface area (Å²) in [5.41, 5.74) is -0.848. The Kier molecular flexibility index (Phi) is 4.39. The topological polar surface area (TPSA) is 46.4 Å². The number of rotatable bonds is 2. The van der Waals surface area contributed by atoms with Gasteiger partial charge in [-0.1, -0.05) is 11.6 Å². The first-order valence-corrected chi connectivity index (χ1v) is 7.32. The smallest absolute Gasteiger partial charge is 0.395 e. The third kappa shape index (κ3) is 3.64. The second-order valence-electron chi connectivity index (χ2n) is 5.20. The van der Waals surface area contributed by atoms with Crippen molar-refractivity contribution in [1.29, 1.82) is 0 Å². The van der Waals surface area contributed by atoms with E-state index in [1.54, 1.807) is 0 Å². The van der Waals surface area contributed by atoms with Gasteiger partial charge in [0.1, 0.15) is 0 Å². The molecule has 0 saturated heterocycles. The minimum Gasteiger partial charge on any atom is -0.395 e. The Bertz CT molecular complexity index is 848. The molecule has 0 saturated carbocycles. The van der Waals surface area contributed by atoms with E-state index in [9.17, 15) is 22.0 Å². The SMILES string of the molecule is C=N/N=C(/c1ccc2c(c1)OC(F)(F)O2)N1C=C(C(F)(F)F)C=C(Cl)C1. The van der Waals surface area contributed by atoms with Crippen molar-refractivity contribution in [1.82, 2.24) is 4.90 Å². The Morgan fingerprint density at radius 3 is 2.58 bits per heavy atom. The number of amidine groups is 1. The summed E-state index contributed by atoms with van der Waals surface area (Å²) in [6.45, 7) is 3.05. The fraction of sp³-hybridized carbons (Fsp3) is 0.200. The van der Waals surface area contributed by atoms with Crippen LogP contribution in [0.5, 0.6) is 11.5 Å². The third-order valence-corrected chi connectivity index (χ3v) is 3.58. The van der Waals surface area contributed by atoms with E-state index in [4.69, 9.17) is 11.6 Å². The first-order chi connectivity index (χ1) is 12.1. The number of hydrogen-bond acceptors (Lipinski definition) is 4. The van der Waals surface area contributed by atoms with E-state index in [2.05, 4.69) is 26.4 Å². The molecule has 0 bridgehead atoms. The molecule has 3 rings (SSSR count). The lowest BCUT2D eigenvalue weighted by atomic mass is 10.1. The Morgan fingerprint density at radius 2 is 1.92 bits per heavy atom. The standard InChI is InChI=1S/C15H9ClF5N3O2/c1-22-23-13(24-6-9(14(17,18)19)5-10(16)7-24)8-2-3-11-12(4-8)26-15(20,21)25-11/h2-6H,1,7H2/b23-13-. The highest BCUT2D eigenvalue weighted by Crippen LogP contribution is 2.41. The monoisotopic (exact) mass is 393 g/mol. The molecule has 1 aromatic rings. The second-order valence-corrected chi connectivity index (χ2v) is 5.68. The van der Waals surface area contributed by atoms with Crippen LogP contribution in [0.25, 0.3) is 0 Å². The second kappa shape index (κ2) is 6.27. The zero-order valence-corrected chi connectivity index (χ0v) is 13.5. The summed E-state index contributed by atoms with van der Waals surface area (Å²) in [4.78, 5) is 1.08. The maximum absolute atomic E-state index is 13.1. The molecule has 0 fully saturated rings. The number of halogens is 6. The van der Waals surface area contributed by atoms with Gasteiger partial charge in [0, 0.05) is 23.5 Å². The molecule has 0 unspecified atom stereocenters. The number of nitrogens with zero attached hydrogens (tertiary/aromatic N) is 3. The van der Waals surface area contributed by atoms with Crippen LogP contribution in [0.1, 0.15) is 5.56 Å². The third-order valence-electron chi connectivity index (χ3n) is 3.35. The van der Waals surface area contributed by atoms with Crippen molar-refractivity contribution >= 4 is 24.2 Å². The van der Waals surface area contributed by atoms with Gasteiger partial charge in [-0.25, -0.2) is 0 Å². The highest BCUT2D eigenvalue weighted by molar-refractivity contribution is 6.30. The van der Waals surface area contributed by atoms with Crippen molar-refractivity contribution in [3.8, 4) is 11.5 Å². The maximum Gasteiger partial charge on any atom is 0.586 e.